The maximum Gasteiger partial charge on any atom is 0.341 e. The van der Waals surface area contributed by atoms with E-state index in [9.17, 15) is 18.0 Å². The highest BCUT2D eigenvalue weighted by atomic mass is 19.2. The van der Waals surface area contributed by atoms with Gasteiger partial charge in [-0.25, -0.2) is 18.0 Å². The monoisotopic (exact) mass is 171 g/mol. The van der Waals surface area contributed by atoms with Crippen molar-refractivity contribution in [2.24, 2.45) is 5.73 Å². The first-order valence-electron chi connectivity index (χ1n) is 2.85. The lowest BCUT2D eigenvalue weighted by Gasteiger charge is -2.11. The van der Waals surface area contributed by atoms with E-state index in [4.69, 9.17) is 5.11 Å². The number of rotatable bonds is 4. The first-order valence-corrected chi connectivity index (χ1v) is 2.85. The highest BCUT2D eigenvalue weighted by Crippen LogP contribution is 2.11. The van der Waals surface area contributed by atoms with Crippen LogP contribution >= 0.6 is 0 Å². The number of carboxylic acids is 1. The molecule has 0 aliphatic heterocycles. The third kappa shape index (κ3) is 2.75. The van der Waals surface area contributed by atoms with Gasteiger partial charge in [-0.3, -0.25) is 0 Å². The van der Waals surface area contributed by atoms with Gasteiger partial charge in [0.05, 0.1) is 0 Å². The molecule has 0 heterocycles. The molecule has 66 valence electrons. The maximum atomic E-state index is 12.2. The van der Waals surface area contributed by atoms with Gasteiger partial charge in [-0.05, 0) is 0 Å². The van der Waals surface area contributed by atoms with Crippen LogP contribution < -0.4 is 5.73 Å². The molecule has 0 rings (SSSR count). The standard InChI is InChI=1S/C5H8F3NO2/c6-2(1-9)3(7)4(8)5(10)11/h2-4H,1,9H2,(H,10,11)/t2-,3+,4-/m0/s1. The average molecular weight is 171 g/mol. The predicted octanol–water partition coefficient (Wildman–Crippen LogP) is 0.0440. The topological polar surface area (TPSA) is 63.3 Å². The van der Waals surface area contributed by atoms with Crippen LogP contribution in [-0.2, 0) is 4.79 Å². The largest absolute Gasteiger partial charge is 0.479 e. The van der Waals surface area contributed by atoms with E-state index in [1.54, 1.807) is 0 Å². The van der Waals surface area contributed by atoms with Gasteiger partial charge in [-0.15, -0.1) is 0 Å². The van der Waals surface area contributed by atoms with Gasteiger partial charge in [-0.1, -0.05) is 0 Å². The van der Waals surface area contributed by atoms with Crippen LogP contribution in [0, 0.1) is 0 Å². The summed E-state index contributed by atoms with van der Waals surface area (Å²) in [5.74, 6) is -2.02. The number of aliphatic carboxylic acids is 1. The third-order valence-electron chi connectivity index (χ3n) is 1.09. The van der Waals surface area contributed by atoms with Gasteiger partial charge >= 0.3 is 5.97 Å². The molecule has 6 heteroatoms. The molecule has 0 amide bonds. The van der Waals surface area contributed by atoms with Crippen molar-refractivity contribution in [3.63, 3.8) is 0 Å². The zero-order chi connectivity index (χ0) is 9.02. The minimum absolute atomic E-state index is 0.727. The Hall–Kier alpha value is -0.780. The summed E-state index contributed by atoms with van der Waals surface area (Å²) in [6.07, 6.45) is -7.79. The van der Waals surface area contributed by atoms with Gasteiger partial charge < -0.3 is 10.8 Å². The lowest BCUT2D eigenvalue weighted by atomic mass is 10.1. The normalized spacial score (nSPS) is 18.9. The van der Waals surface area contributed by atoms with Gasteiger partial charge in [0.1, 0.15) is 6.17 Å². The molecule has 0 aromatic carbocycles. The summed E-state index contributed by atoms with van der Waals surface area (Å²) >= 11 is 0. The van der Waals surface area contributed by atoms with Crippen LogP contribution in [0.25, 0.3) is 0 Å². The Morgan fingerprint density at radius 3 is 2.18 bits per heavy atom. The minimum Gasteiger partial charge on any atom is -0.479 e. The van der Waals surface area contributed by atoms with Gasteiger partial charge in [0.2, 0.25) is 6.17 Å². The van der Waals surface area contributed by atoms with E-state index in [2.05, 4.69) is 5.73 Å². The molecule has 0 radical (unpaired) electrons. The summed E-state index contributed by atoms with van der Waals surface area (Å²) in [6.45, 7) is -0.727. The SMILES string of the molecule is NC[C@H](F)[C@@H](F)[C@H](F)C(=O)O. The molecule has 0 aliphatic carbocycles. The van der Waals surface area contributed by atoms with E-state index < -0.39 is 31.0 Å². The Labute approximate surface area is 61.0 Å². The Morgan fingerprint density at radius 1 is 1.45 bits per heavy atom. The molecular formula is C5H8F3NO2. The number of hydrogen-bond donors (Lipinski definition) is 2. The lowest BCUT2D eigenvalue weighted by Crippen LogP contribution is -2.37. The van der Waals surface area contributed by atoms with Crippen molar-refractivity contribution in [3.8, 4) is 0 Å². The molecule has 0 saturated carbocycles. The molecule has 3 nitrogen and oxygen atoms in total. The van der Waals surface area contributed by atoms with Crippen LogP contribution in [0.2, 0.25) is 0 Å². The average Bonchev–Trinajstić information content (AvgIpc) is 2.00. The van der Waals surface area contributed by atoms with Crippen molar-refractivity contribution >= 4 is 5.97 Å². The summed E-state index contributed by atoms with van der Waals surface area (Å²) < 4.78 is 36.4. The Balaban J connectivity index is 4.00. The Morgan fingerprint density at radius 2 is 1.91 bits per heavy atom. The fourth-order valence-corrected chi connectivity index (χ4v) is 0.450. The summed E-state index contributed by atoms with van der Waals surface area (Å²) in [5, 5.41) is 7.87. The number of halogens is 3. The Kier molecular flexibility index (Phi) is 3.88. The third-order valence-corrected chi connectivity index (χ3v) is 1.09. The zero-order valence-electron chi connectivity index (χ0n) is 5.51. The van der Waals surface area contributed by atoms with E-state index in [0.717, 1.165) is 0 Å². The fourth-order valence-electron chi connectivity index (χ4n) is 0.450. The molecule has 0 aliphatic rings. The molecule has 0 aromatic rings. The molecule has 3 N–H and O–H groups in total. The number of alkyl halides is 3. The van der Waals surface area contributed by atoms with Crippen molar-refractivity contribution in [1.29, 1.82) is 0 Å². The Bertz CT molecular complexity index is 144. The molecule has 0 bridgehead atoms. The van der Waals surface area contributed by atoms with Crippen molar-refractivity contribution in [1.82, 2.24) is 0 Å². The van der Waals surface area contributed by atoms with Crippen LogP contribution in [0.3, 0.4) is 0 Å². The van der Waals surface area contributed by atoms with Crippen LogP contribution in [0.4, 0.5) is 13.2 Å². The van der Waals surface area contributed by atoms with Gasteiger partial charge in [0, 0.05) is 6.54 Å². The number of carboxylic acid groups (broad SMARTS) is 1. The number of hydrogen-bond acceptors (Lipinski definition) is 2. The summed E-state index contributed by atoms with van der Waals surface area (Å²) in [6, 6.07) is 0. The van der Waals surface area contributed by atoms with Crippen LogP contribution in [-0.4, -0.2) is 36.1 Å². The van der Waals surface area contributed by atoms with Crippen molar-refractivity contribution in [2.75, 3.05) is 6.54 Å². The summed E-state index contributed by atoms with van der Waals surface area (Å²) in [7, 11) is 0. The zero-order valence-corrected chi connectivity index (χ0v) is 5.51. The molecule has 0 aromatic heterocycles. The quantitative estimate of drug-likeness (QED) is 0.627. The van der Waals surface area contributed by atoms with Gasteiger partial charge in [0.25, 0.3) is 0 Å². The molecule has 0 saturated heterocycles. The molecule has 0 fully saturated rings. The van der Waals surface area contributed by atoms with E-state index >= 15 is 0 Å². The van der Waals surface area contributed by atoms with Gasteiger partial charge in [-0.2, -0.15) is 0 Å². The fraction of sp³-hybridized carbons (Fsp3) is 0.800. The van der Waals surface area contributed by atoms with Crippen LogP contribution in [0.1, 0.15) is 0 Å². The molecule has 0 spiro atoms. The second-order valence-electron chi connectivity index (χ2n) is 1.94. The molecule has 0 unspecified atom stereocenters. The number of carbonyl (C=O) groups is 1. The lowest BCUT2D eigenvalue weighted by molar-refractivity contribution is -0.146. The van der Waals surface area contributed by atoms with Crippen molar-refractivity contribution in [3.05, 3.63) is 0 Å². The molecule has 11 heavy (non-hydrogen) atoms. The second-order valence-corrected chi connectivity index (χ2v) is 1.94. The minimum atomic E-state index is -2.84. The summed E-state index contributed by atoms with van der Waals surface area (Å²) in [4.78, 5) is 9.74. The maximum absolute atomic E-state index is 12.2. The summed E-state index contributed by atoms with van der Waals surface area (Å²) in [5.41, 5.74) is 4.64. The van der Waals surface area contributed by atoms with Gasteiger partial charge in [0.15, 0.2) is 6.17 Å². The predicted molar refractivity (Wildman–Crippen MR) is 31.4 cm³/mol. The number of nitrogens with two attached hydrogens (primary N) is 1. The highest BCUT2D eigenvalue weighted by Gasteiger charge is 2.34. The van der Waals surface area contributed by atoms with Crippen molar-refractivity contribution in [2.45, 2.75) is 18.5 Å². The highest BCUT2D eigenvalue weighted by molar-refractivity contribution is 5.72. The van der Waals surface area contributed by atoms with E-state index in [-0.39, 0.29) is 0 Å². The van der Waals surface area contributed by atoms with Crippen LogP contribution in [0.15, 0.2) is 0 Å². The first-order chi connectivity index (χ1) is 5.00. The second kappa shape index (κ2) is 4.17. The molecule has 3 atom stereocenters. The molecular weight excluding hydrogens is 163 g/mol. The van der Waals surface area contributed by atoms with Crippen molar-refractivity contribution < 1.29 is 23.1 Å². The van der Waals surface area contributed by atoms with Crippen LogP contribution in [0.5, 0.6) is 0 Å². The smallest absolute Gasteiger partial charge is 0.341 e. The van der Waals surface area contributed by atoms with E-state index in [1.165, 1.54) is 0 Å². The van der Waals surface area contributed by atoms with E-state index in [0.29, 0.717) is 0 Å². The van der Waals surface area contributed by atoms with E-state index in [1.807, 2.05) is 0 Å². The first kappa shape index (κ1) is 10.2.